The molecule has 0 aliphatic rings. The highest BCUT2D eigenvalue weighted by molar-refractivity contribution is 7.84. The van der Waals surface area contributed by atoms with E-state index in [1.54, 1.807) is 0 Å². The second-order valence-electron chi connectivity index (χ2n) is 1.96. The molecule has 0 fully saturated rings. The number of aromatic nitrogens is 1. The fourth-order valence-electron chi connectivity index (χ4n) is 0.656. The van der Waals surface area contributed by atoms with Crippen molar-refractivity contribution in [3.05, 3.63) is 28.4 Å². The molecule has 60 valence electrons. The van der Waals surface area contributed by atoms with Gasteiger partial charge >= 0.3 is 0 Å². The Hall–Kier alpha value is -0.970. The quantitative estimate of drug-likeness (QED) is 0.665. The number of halogens is 1. The van der Waals surface area contributed by atoms with Gasteiger partial charge in [-0.05, 0) is 0 Å². The Morgan fingerprint density at radius 3 is 2.73 bits per heavy atom. The molecule has 0 saturated heterocycles. The van der Waals surface area contributed by atoms with E-state index < -0.39 is 22.2 Å². The zero-order valence-electron chi connectivity index (χ0n) is 5.76. The summed E-state index contributed by atoms with van der Waals surface area (Å²) in [5.74, 6) is -0.648. The summed E-state index contributed by atoms with van der Waals surface area (Å²) in [5, 5.41) is 0. The Morgan fingerprint density at radius 1 is 1.64 bits per heavy atom. The first-order valence-electron chi connectivity index (χ1n) is 2.83. The van der Waals surface area contributed by atoms with Crippen molar-refractivity contribution in [2.24, 2.45) is 0 Å². The summed E-state index contributed by atoms with van der Waals surface area (Å²) < 4.78 is 23.4. The van der Waals surface area contributed by atoms with Gasteiger partial charge in [0, 0.05) is 18.5 Å². The molecule has 0 saturated carbocycles. The first kappa shape index (κ1) is 8.13. The molecule has 1 aromatic rings. The molecule has 5 heteroatoms. The Kier molecular flexibility index (Phi) is 2.19. The predicted octanol–water partition coefficient (Wildman–Crippen LogP) is 0.251. The van der Waals surface area contributed by atoms with Crippen LogP contribution in [0.2, 0.25) is 0 Å². The van der Waals surface area contributed by atoms with Gasteiger partial charge in [-0.1, -0.05) is 0 Å². The first-order valence-corrected chi connectivity index (χ1v) is 4.38. The van der Waals surface area contributed by atoms with Gasteiger partial charge in [0.2, 0.25) is 5.56 Å². The zero-order valence-corrected chi connectivity index (χ0v) is 6.57. The highest BCUT2D eigenvalue weighted by Gasteiger charge is 2.05. The number of hydrogen-bond acceptors (Lipinski definition) is 2. The molecule has 0 amide bonds. The Labute approximate surface area is 64.7 Å². The fraction of sp³-hybridized carbons (Fsp3) is 0.167. The molecule has 3 nitrogen and oxygen atoms in total. The van der Waals surface area contributed by atoms with Crippen molar-refractivity contribution in [1.29, 1.82) is 0 Å². The summed E-state index contributed by atoms with van der Waals surface area (Å²) in [6.07, 6.45) is 2.22. The normalized spacial score (nSPS) is 12.9. The van der Waals surface area contributed by atoms with E-state index in [1.165, 1.54) is 6.26 Å². The lowest BCUT2D eigenvalue weighted by molar-refractivity contribution is 0.587. The summed E-state index contributed by atoms with van der Waals surface area (Å²) in [6.45, 7) is 0. The number of hydrogen-bond donors (Lipinski definition) is 1. The first-order chi connectivity index (χ1) is 5.11. The van der Waals surface area contributed by atoms with Gasteiger partial charge in [-0.15, -0.1) is 0 Å². The van der Waals surface area contributed by atoms with Crippen molar-refractivity contribution in [3.8, 4) is 0 Å². The summed E-state index contributed by atoms with van der Waals surface area (Å²) in [7, 11) is -1.45. The second kappa shape index (κ2) is 2.96. The van der Waals surface area contributed by atoms with Gasteiger partial charge in [0.15, 0.2) is 5.82 Å². The molecule has 1 N–H and O–H groups in total. The second-order valence-corrected chi connectivity index (χ2v) is 3.31. The number of aromatic amines is 1. The molecule has 0 spiro atoms. The van der Waals surface area contributed by atoms with Crippen molar-refractivity contribution in [3.63, 3.8) is 0 Å². The summed E-state index contributed by atoms with van der Waals surface area (Å²) >= 11 is 0. The number of rotatable bonds is 1. The van der Waals surface area contributed by atoms with Crippen molar-refractivity contribution in [1.82, 2.24) is 4.98 Å². The van der Waals surface area contributed by atoms with Crippen LogP contribution in [0, 0.1) is 5.82 Å². The summed E-state index contributed by atoms with van der Waals surface area (Å²) in [4.78, 5) is 12.7. The monoisotopic (exact) mass is 175 g/mol. The molecular formula is C6H6FNO2S. The maximum Gasteiger partial charge on any atom is 0.249 e. The van der Waals surface area contributed by atoms with Crippen molar-refractivity contribution in [2.75, 3.05) is 6.26 Å². The van der Waals surface area contributed by atoms with Crippen LogP contribution in [-0.4, -0.2) is 15.4 Å². The Bertz CT molecular complexity index is 347. The molecule has 1 rings (SSSR count). The van der Waals surface area contributed by atoms with Gasteiger partial charge in [-0.2, -0.15) is 0 Å². The molecule has 0 unspecified atom stereocenters. The maximum atomic E-state index is 12.7. The zero-order chi connectivity index (χ0) is 8.43. The van der Waals surface area contributed by atoms with Gasteiger partial charge < -0.3 is 4.98 Å². The third-order valence-corrected chi connectivity index (χ3v) is 2.08. The molecule has 1 heterocycles. The highest BCUT2D eigenvalue weighted by Crippen LogP contribution is 2.05. The van der Waals surface area contributed by atoms with E-state index in [2.05, 4.69) is 4.98 Å². The number of pyridine rings is 1. The van der Waals surface area contributed by atoms with E-state index >= 15 is 0 Å². The van der Waals surface area contributed by atoms with Crippen molar-refractivity contribution >= 4 is 10.8 Å². The highest BCUT2D eigenvalue weighted by atomic mass is 32.2. The van der Waals surface area contributed by atoms with E-state index in [0.717, 1.165) is 12.3 Å². The average Bonchev–Trinajstić information content (AvgIpc) is 1.94. The topological polar surface area (TPSA) is 49.9 Å². The third-order valence-electron chi connectivity index (χ3n) is 1.15. The summed E-state index contributed by atoms with van der Waals surface area (Å²) in [5.41, 5.74) is -0.448. The van der Waals surface area contributed by atoms with Gasteiger partial charge in [-0.25, -0.2) is 4.39 Å². The molecule has 0 aromatic carbocycles. The lowest BCUT2D eigenvalue weighted by Crippen LogP contribution is -2.07. The van der Waals surface area contributed by atoms with E-state index in [4.69, 9.17) is 0 Å². The molecule has 0 aliphatic heterocycles. The average molecular weight is 175 g/mol. The lowest BCUT2D eigenvalue weighted by atomic mass is 10.5. The van der Waals surface area contributed by atoms with Crippen LogP contribution < -0.4 is 5.56 Å². The van der Waals surface area contributed by atoms with Gasteiger partial charge in [-0.3, -0.25) is 9.00 Å². The van der Waals surface area contributed by atoms with Gasteiger partial charge in [0.25, 0.3) is 0 Å². The van der Waals surface area contributed by atoms with E-state index in [0.29, 0.717) is 0 Å². The van der Waals surface area contributed by atoms with Crippen LogP contribution in [0.5, 0.6) is 0 Å². The van der Waals surface area contributed by atoms with Crippen LogP contribution >= 0.6 is 0 Å². The molecule has 0 bridgehead atoms. The van der Waals surface area contributed by atoms with Crippen LogP contribution in [0.25, 0.3) is 0 Å². The number of nitrogens with one attached hydrogen (secondary N) is 1. The summed E-state index contributed by atoms with van der Waals surface area (Å²) in [6, 6.07) is 0.992. The molecule has 0 aliphatic carbocycles. The Morgan fingerprint density at radius 2 is 2.27 bits per heavy atom. The fourth-order valence-corrected chi connectivity index (χ4v) is 1.26. The van der Waals surface area contributed by atoms with Crippen molar-refractivity contribution in [2.45, 2.75) is 4.90 Å². The van der Waals surface area contributed by atoms with Crippen LogP contribution in [0.15, 0.2) is 22.0 Å². The predicted molar refractivity (Wildman–Crippen MR) is 39.4 cm³/mol. The molecule has 1 atom stereocenters. The van der Waals surface area contributed by atoms with Crippen LogP contribution in [0.1, 0.15) is 0 Å². The van der Waals surface area contributed by atoms with E-state index in [9.17, 15) is 13.4 Å². The smallest absolute Gasteiger partial charge is 0.249 e. The molecule has 1 aromatic heterocycles. The molecular weight excluding hydrogens is 169 g/mol. The minimum absolute atomic E-state index is 0.0613. The van der Waals surface area contributed by atoms with Crippen LogP contribution in [0.3, 0.4) is 0 Å². The lowest BCUT2D eigenvalue weighted by Gasteiger charge is -1.94. The van der Waals surface area contributed by atoms with Gasteiger partial charge in [0.1, 0.15) is 0 Å². The maximum absolute atomic E-state index is 12.7. The number of H-pyrrole nitrogens is 1. The largest absolute Gasteiger partial charge is 0.326 e. The van der Waals surface area contributed by atoms with Crippen molar-refractivity contribution < 1.29 is 8.60 Å². The van der Waals surface area contributed by atoms with Crippen LogP contribution in [0.4, 0.5) is 4.39 Å². The minimum Gasteiger partial charge on any atom is -0.326 e. The molecule has 11 heavy (non-hydrogen) atoms. The van der Waals surface area contributed by atoms with Crippen LogP contribution in [-0.2, 0) is 10.8 Å². The third kappa shape index (κ3) is 1.74. The van der Waals surface area contributed by atoms with Gasteiger partial charge in [0.05, 0.1) is 15.7 Å². The van der Waals surface area contributed by atoms with E-state index in [1.807, 2.05) is 0 Å². The molecule has 0 radical (unpaired) electrons. The van der Waals surface area contributed by atoms with E-state index in [-0.39, 0.29) is 4.90 Å². The Balaban J connectivity index is 3.35. The minimum atomic E-state index is -1.45. The SMILES string of the molecule is C[S@](=O)c1cc(=O)[nH]cc1F. The standard InChI is InChI=1S/C6H6FNO2S/c1-11(10)5-2-6(9)8-3-4(5)7/h2-3H,1H3,(H,8,9)/t11-/m0/s1.